The summed E-state index contributed by atoms with van der Waals surface area (Å²) in [7, 11) is 0. The van der Waals surface area contributed by atoms with Crippen LogP contribution in [0.15, 0.2) is 51.4 Å². The molecule has 1 nitrogen and oxygen atoms in total. The highest BCUT2D eigenvalue weighted by atomic mass is 79.9. The second-order valence-corrected chi connectivity index (χ2v) is 7.19. The van der Waals surface area contributed by atoms with Crippen LogP contribution < -0.4 is 5.32 Å². The molecule has 0 saturated heterocycles. The Bertz CT molecular complexity index is 584. The number of nitrogens with one attached hydrogen (secondary N) is 1. The third kappa shape index (κ3) is 5.10. The molecular weight excluding hydrogens is 413 g/mol. The molecule has 0 aliphatic heterocycles. The summed E-state index contributed by atoms with van der Waals surface area (Å²) in [6.45, 7) is 3.18. The van der Waals surface area contributed by atoms with Crippen LogP contribution in [0.1, 0.15) is 30.5 Å². The molecule has 0 spiro atoms. The fourth-order valence-corrected chi connectivity index (χ4v) is 2.99. The zero-order valence-electron chi connectivity index (χ0n) is 11.9. The Morgan fingerprint density at radius 1 is 1.10 bits per heavy atom. The van der Waals surface area contributed by atoms with Crippen molar-refractivity contribution in [3.63, 3.8) is 0 Å². The minimum Gasteiger partial charge on any atom is -0.310 e. The van der Waals surface area contributed by atoms with E-state index in [9.17, 15) is 0 Å². The largest absolute Gasteiger partial charge is 0.310 e. The molecule has 4 heteroatoms. The molecule has 0 fully saturated rings. The van der Waals surface area contributed by atoms with Crippen LogP contribution in [0.25, 0.3) is 0 Å². The molecule has 0 saturated carbocycles. The lowest BCUT2D eigenvalue weighted by molar-refractivity contribution is 0.529. The Hall–Kier alpha value is -0.350. The molecule has 112 valence electrons. The van der Waals surface area contributed by atoms with E-state index in [1.54, 1.807) is 0 Å². The quantitative estimate of drug-likeness (QED) is 0.579. The third-order valence-corrected chi connectivity index (χ3v) is 5.08. The van der Waals surface area contributed by atoms with Crippen LogP contribution in [-0.4, -0.2) is 6.54 Å². The Kier molecular flexibility index (Phi) is 6.74. The minimum absolute atomic E-state index is 0.291. The van der Waals surface area contributed by atoms with Gasteiger partial charge in [0, 0.05) is 15.0 Å². The Morgan fingerprint density at radius 2 is 1.81 bits per heavy atom. The maximum atomic E-state index is 6.09. The zero-order valence-corrected chi connectivity index (χ0v) is 15.8. The van der Waals surface area contributed by atoms with Crippen molar-refractivity contribution in [3.05, 3.63) is 67.6 Å². The molecule has 2 rings (SSSR count). The number of halogens is 3. The van der Waals surface area contributed by atoms with E-state index in [1.807, 2.05) is 6.07 Å². The summed E-state index contributed by atoms with van der Waals surface area (Å²) >= 11 is 13.1. The van der Waals surface area contributed by atoms with Gasteiger partial charge in [0.05, 0.1) is 5.02 Å². The van der Waals surface area contributed by atoms with E-state index in [-0.39, 0.29) is 0 Å². The molecule has 1 N–H and O–H groups in total. The van der Waals surface area contributed by atoms with Crippen molar-refractivity contribution in [1.29, 1.82) is 0 Å². The maximum absolute atomic E-state index is 6.09. The summed E-state index contributed by atoms with van der Waals surface area (Å²) in [4.78, 5) is 0. The summed E-state index contributed by atoms with van der Waals surface area (Å²) in [5.74, 6) is 0. The van der Waals surface area contributed by atoms with Gasteiger partial charge >= 0.3 is 0 Å². The highest BCUT2D eigenvalue weighted by molar-refractivity contribution is 9.10. The second kappa shape index (κ2) is 8.33. The van der Waals surface area contributed by atoms with Gasteiger partial charge in [-0.1, -0.05) is 52.7 Å². The predicted octanol–water partition coefficient (Wildman–Crippen LogP) is 6.15. The lowest BCUT2D eigenvalue weighted by Gasteiger charge is -2.20. The second-order valence-electron chi connectivity index (χ2n) is 5.01. The van der Waals surface area contributed by atoms with E-state index in [0.717, 1.165) is 33.4 Å². The van der Waals surface area contributed by atoms with Crippen LogP contribution in [0.3, 0.4) is 0 Å². The SMILES string of the molecule is CCCNC(Cc1ccc(Br)cc1)c1ccc(Cl)c(Br)c1. The molecule has 1 unspecified atom stereocenters. The van der Waals surface area contributed by atoms with E-state index < -0.39 is 0 Å². The van der Waals surface area contributed by atoms with E-state index in [0.29, 0.717) is 6.04 Å². The highest BCUT2D eigenvalue weighted by Crippen LogP contribution is 2.28. The van der Waals surface area contributed by atoms with Crippen LogP contribution in [0, 0.1) is 0 Å². The molecule has 21 heavy (non-hydrogen) atoms. The van der Waals surface area contributed by atoms with Crippen LogP contribution in [0.4, 0.5) is 0 Å². The van der Waals surface area contributed by atoms with Crippen LogP contribution >= 0.6 is 43.5 Å². The molecule has 0 aromatic heterocycles. The molecule has 0 aliphatic rings. The van der Waals surface area contributed by atoms with Gasteiger partial charge in [0.15, 0.2) is 0 Å². The third-order valence-electron chi connectivity index (χ3n) is 3.34. The average Bonchev–Trinajstić information content (AvgIpc) is 2.48. The molecule has 0 radical (unpaired) electrons. The summed E-state index contributed by atoms with van der Waals surface area (Å²) < 4.78 is 2.05. The van der Waals surface area contributed by atoms with Gasteiger partial charge in [-0.25, -0.2) is 0 Å². The number of rotatable bonds is 6. The Balaban J connectivity index is 2.20. The summed E-state index contributed by atoms with van der Waals surface area (Å²) in [6, 6.07) is 14.9. The molecular formula is C17H18Br2ClN. The predicted molar refractivity (Wildman–Crippen MR) is 98.0 cm³/mol. The molecule has 0 heterocycles. The number of benzene rings is 2. The van der Waals surface area contributed by atoms with E-state index in [1.165, 1.54) is 11.1 Å². The first kappa shape index (κ1) is 17.0. The van der Waals surface area contributed by atoms with Crippen molar-refractivity contribution >= 4 is 43.5 Å². The van der Waals surface area contributed by atoms with Gasteiger partial charge in [0.1, 0.15) is 0 Å². The molecule has 1 atom stereocenters. The minimum atomic E-state index is 0.291. The van der Waals surface area contributed by atoms with Crippen LogP contribution in [-0.2, 0) is 6.42 Å². The highest BCUT2D eigenvalue weighted by Gasteiger charge is 2.13. The van der Waals surface area contributed by atoms with Gasteiger partial charge in [-0.2, -0.15) is 0 Å². The van der Waals surface area contributed by atoms with Gasteiger partial charge in [0.25, 0.3) is 0 Å². The van der Waals surface area contributed by atoms with Gasteiger partial charge < -0.3 is 5.32 Å². The summed E-state index contributed by atoms with van der Waals surface area (Å²) in [5.41, 5.74) is 2.57. The van der Waals surface area contributed by atoms with Gasteiger partial charge in [0.2, 0.25) is 0 Å². The zero-order chi connectivity index (χ0) is 15.2. The lowest BCUT2D eigenvalue weighted by Crippen LogP contribution is -2.24. The van der Waals surface area contributed by atoms with Crippen LogP contribution in [0.2, 0.25) is 5.02 Å². The first-order valence-electron chi connectivity index (χ1n) is 7.03. The number of hydrogen-bond donors (Lipinski definition) is 1. The van der Waals surface area contributed by atoms with Gasteiger partial charge in [-0.05, 0) is 70.7 Å². The fraction of sp³-hybridized carbons (Fsp3) is 0.294. The van der Waals surface area contributed by atoms with Gasteiger partial charge in [-0.15, -0.1) is 0 Å². The smallest absolute Gasteiger partial charge is 0.0548 e. The molecule has 0 bridgehead atoms. The first-order valence-corrected chi connectivity index (χ1v) is 8.99. The normalized spacial score (nSPS) is 12.4. The number of hydrogen-bond acceptors (Lipinski definition) is 1. The maximum Gasteiger partial charge on any atom is 0.0548 e. The molecule has 0 amide bonds. The van der Waals surface area contributed by atoms with Crippen molar-refractivity contribution in [3.8, 4) is 0 Å². The monoisotopic (exact) mass is 429 g/mol. The topological polar surface area (TPSA) is 12.0 Å². The fourth-order valence-electron chi connectivity index (χ4n) is 2.21. The van der Waals surface area contributed by atoms with Crippen molar-refractivity contribution in [2.75, 3.05) is 6.54 Å². The Morgan fingerprint density at radius 3 is 2.43 bits per heavy atom. The van der Waals surface area contributed by atoms with Crippen molar-refractivity contribution in [2.24, 2.45) is 0 Å². The molecule has 0 aliphatic carbocycles. The summed E-state index contributed by atoms with van der Waals surface area (Å²) in [5, 5.41) is 4.37. The van der Waals surface area contributed by atoms with E-state index in [2.05, 4.69) is 80.5 Å². The van der Waals surface area contributed by atoms with Crippen molar-refractivity contribution in [2.45, 2.75) is 25.8 Å². The molecule has 2 aromatic carbocycles. The lowest BCUT2D eigenvalue weighted by atomic mass is 9.99. The van der Waals surface area contributed by atoms with Gasteiger partial charge in [-0.3, -0.25) is 0 Å². The van der Waals surface area contributed by atoms with E-state index in [4.69, 9.17) is 11.6 Å². The standard InChI is InChI=1S/C17H18Br2ClN/c1-2-9-21-17(10-12-3-6-14(18)7-4-12)13-5-8-16(20)15(19)11-13/h3-8,11,17,21H,2,9-10H2,1H3. The summed E-state index contributed by atoms with van der Waals surface area (Å²) in [6.07, 6.45) is 2.08. The molecule has 2 aromatic rings. The van der Waals surface area contributed by atoms with Crippen molar-refractivity contribution < 1.29 is 0 Å². The van der Waals surface area contributed by atoms with Crippen LogP contribution in [0.5, 0.6) is 0 Å². The Labute approximate surface area is 148 Å². The average molecular weight is 432 g/mol. The van der Waals surface area contributed by atoms with Crippen molar-refractivity contribution in [1.82, 2.24) is 5.32 Å². The van der Waals surface area contributed by atoms with E-state index >= 15 is 0 Å². The first-order chi connectivity index (χ1) is 10.1.